The number of hydrogen-bond acceptors (Lipinski definition) is 3. The van der Waals surface area contributed by atoms with E-state index >= 15 is 0 Å². The SMILES string of the molecule is CCC(CNC(=O)CCc1ccc(C#N)cc1)N1CCc2ccccc2C1. The fourth-order valence-corrected chi connectivity index (χ4v) is 3.68. The first-order valence-electron chi connectivity index (χ1n) is 9.76. The van der Waals surface area contributed by atoms with Gasteiger partial charge in [-0.05, 0) is 48.1 Å². The van der Waals surface area contributed by atoms with Crippen LogP contribution < -0.4 is 5.32 Å². The Labute approximate surface area is 161 Å². The molecule has 0 aliphatic carbocycles. The Morgan fingerprint density at radius 2 is 1.93 bits per heavy atom. The van der Waals surface area contributed by atoms with Crippen molar-refractivity contribution in [3.8, 4) is 6.07 Å². The van der Waals surface area contributed by atoms with Crippen molar-refractivity contribution in [2.24, 2.45) is 0 Å². The number of fused-ring (bicyclic) bond motifs is 1. The lowest BCUT2D eigenvalue weighted by atomic mass is 9.98. The van der Waals surface area contributed by atoms with Crippen molar-refractivity contribution in [1.82, 2.24) is 10.2 Å². The van der Waals surface area contributed by atoms with Crippen molar-refractivity contribution in [2.75, 3.05) is 13.1 Å². The molecule has 0 aromatic heterocycles. The average molecular weight is 361 g/mol. The molecule has 0 radical (unpaired) electrons. The summed E-state index contributed by atoms with van der Waals surface area (Å²) in [5, 5.41) is 12.0. The number of benzene rings is 2. The number of nitriles is 1. The number of nitrogens with one attached hydrogen (secondary N) is 1. The van der Waals surface area contributed by atoms with Crippen LogP contribution in [0.3, 0.4) is 0 Å². The molecule has 0 saturated heterocycles. The number of hydrogen-bond donors (Lipinski definition) is 1. The maximum Gasteiger partial charge on any atom is 0.220 e. The van der Waals surface area contributed by atoms with Crippen LogP contribution in [0.2, 0.25) is 0 Å². The zero-order valence-corrected chi connectivity index (χ0v) is 15.9. The Kier molecular flexibility index (Phi) is 6.62. The zero-order valence-electron chi connectivity index (χ0n) is 15.9. The third-order valence-electron chi connectivity index (χ3n) is 5.41. The lowest BCUT2D eigenvalue weighted by molar-refractivity contribution is -0.121. The monoisotopic (exact) mass is 361 g/mol. The highest BCUT2D eigenvalue weighted by molar-refractivity contribution is 5.76. The highest BCUT2D eigenvalue weighted by atomic mass is 16.1. The van der Waals surface area contributed by atoms with Crippen LogP contribution in [0, 0.1) is 11.3 Å². The number of carbonyl (C=O) groups is 1. The van der Waals surface area contributed by atoms with Gasteiger partial charge in [-0.3, -0.25) is 9.69 Å². The molecule has 2 aromatic carbocycles. The fraction of sp³-hybridized carbons (Fsp3) is 0.391. The van der Waals surface area contributed by atoms with Crippen LogP contribution in [0.4, 0.5) is 0 Å². The van der Waals surface area contributed by atoms with E-state index in [1.54, 1.807) is 12.1 Å². The van der Waals surface area contributed by atoms with E-state index in [9.17, 15) is 4.79 Å². The third kappa shape index (κ3) is 5.18. The number of aryl methyl sites for hydroxylation is 1. The van der Waals surface area contributed by atoms with E-state index in [0.717, 1.165) is 31.5 Å². The van der Waals surface area contributed by atoms with E-state index in [1.165, 1.54) is 11.1 Å². The van der Waals surface area contributed by atoms with Crippen LogP contribution in [0.25, 0.3) is 0 Å². The first-order valence-corrected chi connectivity index (χ1v) is 9.76. The van der Waals surface area contributed by atoms with Crippen molar-refractivity contribution in [1.29, 1.82) is 5.26 Å². The minimum atomic E-state index is 0.0928. The van der Waals surface area contributed by atoms with Gasteiger partial charge in [0.2, 0.25) is 5.91 Å². The summed E-state index contributed by atoms with van der Waals surface area (Å²) in [6, 6.07) is 18.6. The first-order chi connectivity index (χ1) is 13.2. The van der Waals surface area contributed by atoms with Crippen molar-refractivity contribution < 1.29 is 4.79 Å². The molecule has 1 heterocycles. The highest BCUT2D eigenvalue weighted by Crippen LogP contribution is 2.21. The predicted octanol–water partition coefficient (Wildman–Crippen LogP) is 3.44. The van der Waals surface area contributed by atoms with Crippen LogP contribution in [0.1, 0.15) is 42.0 Å². The lowest BCUT2D eigenvalue weighted by Crippen LogP contribution is -2.45. The molecule has 27 heavy (non-hydrogen) atoms. The van der Waals surface area contributed by atoms with E-state index in [2.05, 4.69) is 47.5 Å². The van der Waals surface area contributed by atoms with Gasteiger partial charge in [0.1, 0.15) is 0 Å². The molecule has 0 fully saturated rings. The van der Waals surface area contributed by atoms with Gasteiger partial charge in [0.25, 0.3) is 0 Å². The van der Waals surface area contributed by atoms with Crippen LogP contribution in [0.5, 0.6) is 0 Å². The molecule has 0 bridgehead atoms. The highest BCUT2D eigenvalue weighted by Gasteiger charge is 2.22. The van der Waals surface area contributed by atoms with Gasteiger partial charge >= 0.3 is 0 Å². The number of nitrogens with zero attached hydrogens (tertiary/aromatic N) is 2. The Morgan fingerprint density at radius 1 is 1.19 bits per heavy atom. The van der Waals surface area contributed by atoms with Gasteiger partial charge in [-0.2, -0.15) is 5.26 Å². The number of amides is 1. The molecule has 1 N–H and O–H groups in total. The molecule has 1 aliphatic heterocycles. The maximum atomic E-state index is 12.3. The molecule has 140 valence electrons. The minimum Gasteiger partial charge on any atom is -0.355 e. The summed E-state index contributed by atoms with van der Waals surface area (Å²) in [7, 11) is 0. The Hall–Kier alpha value is -2.64. The van der Waals surface area contributed by atoms with E-state index < -0.39 is 0 Å². The summed E-state index contributed by atoms with van der Waals surface area (Å²) < 4.78 is 0. The van der Waals surface area contributed by atoms with E-state index in [0.29, 0.717) is 31.0 Å². The number of carbonyl (C=O) groups excluding carboxylic acids is 1. The molecule has 4 heteroatoms. The second-order valence-electron chi connectivity index (χ2n) is 7.16. The normalized spacial score (nSPS) is 14.8. The molecular formula is C23H27N3O. The van der Waals surface area contributed by atoms with E-state index in [-0.39, 0.29) is 5.91 Å². The van der Waals surface area contributed by atoms with E-state index in [1.807, 2.05) is 12.1 Å². The maximum absolute atomic E-state index is 12.3. The number of rotatable bonds is 7. The van der Waals surface area contributed by atoms with Gasteiger partial charge < -0.3 is 5.32 Å². The molecule has 1 amide bonds. The standard InChI is InChI=1S/C23H27N3O/c1-2-22(26-14-13-20-5-3-4-6-21(20)17-26)16-25-23(27)12-11-18-7-9-19(15-24)10-8-18/h3-10,22H,2,11-14,16-17H2,1H3,(H,25,27). The lowest BCUT2D eigenvalue weighted by Gasteiger charge is -2.35. The quantitative estimate of drug-likeness (QED) is 0.822. The zero-order chi connectivity index (χ0) is 19.1. The predicted molar refractivity (Wildman–Crippen MR) is 107 cm³/mol. The van der Waals surface area contributed by atoms with E-state index in [4.69, 9.17) is 5.26 Å². The Morgan fingerprint density at radius 3 is 2.63 bits per heavy atom. The van der Waals surface area contributed by atoms with Gasteiger partial charge in [0.15, 0.2) is 0 Å². The van der Waals surface area contributed by atoms with Crippen molar-refractivity contribution in [3.05, 3.63) is 70.8 Å². The first kappa shape index (κ1) is 19.1. The van der Waals surface area contributed by atoms with Crippen LogP contribution >= 0.6 is 0 Å². The molecule has 1 atom stereocenters. The third-order valence-corrected chi connectivity index (χ3v) is 5.41. The van der Waals surface area contributed by atoms with Gasteiger partial charge in [-0.1, -0.05) is 43.3 Å². The van der Waals surface area contributed by atoms with Gasteiger partial charge in [0.05, 0.1) is 11.6 Å². The smallest absolute Gasteiger partial charge is 0.220 e. The second-order valence-corrected chi connectivity index (χ2v) is 7.16. The molecular weight excluding hydrogens is 334 g/mol. The topological polar surface area (TPSA) is 56.1 Å². The Balaban J connectivity index is 1.46. The largest absolute Gasteiger partial charge is 0.355 e. The molecule has 3 rings (SSSR count). The average Bonchev–Trinajstić information content (AvgIpc) is 2.73. The fourth-order valence-electron chi connectivity index (χ4n) is 3.68. The molecule has 0 saturated carbocycles. The van der Waals surface area contributed by atoms with Gasteiger partial charge in [-0.25, -0.2) is 0 Å². The summed E-state index contributed by atoms with van der Waals surface area (Å²) in [6.07, 6.45) is 3.29. The summed E-state index contributed by atoms with van der Waals surface area (Å²) in [4.78, 5) is 14.7. The van der Waals surface area contributed by atoms with Crippen molar-refractivity contribution >= 4 is 5.91 Å². The molecule has 0 spiro atoms. The Bertz CT molecular complexity index is 807. The van der Waals surface area contributed by atoms with Crippen LogP contribution in [-0.2, 0) is 24.2 Å². The van der Waals surface area contributed by atoms with Gasteiger partial charge in [-0.15, -0.1) is 0 Å². The van der Waals surface area contributed by atoms with Crippen molar-refractivity contribution in [3.63, 3.8) is 0 Å². The van der Waals surface area contributed by atoms with Gasteiger partial charge in [0, 0.05) is 32.1 Å². The molecule has 1 unspecified atom stereocenters. The van der Waals surface area contributed by atoms with Crippen molar-refractivity contribution in [2.45, 2.75) is 45.2 Å². The van der Waals surface area contributed by atoms with Crippen LogP contribution in [0.15, 0.2) is 48.5 Å². The molecule has 2 aromatic rings. The summed E-state index contributed by atoms with van der Waals surface area (Å²) in [5.74, 6) is 0.0928. The summed E-state index contributed by atoms with van der Waals surface area (Å²) >= 11 is 0. The molecule has 1 aliphatic rings. The molecule has 4 nitrogen and oxygen atoms in total. The second kappa shape index (κ2) is 9.34. The minimum absolute atomic E-state index is 0.0928. The summed E-state index contributed by atoms with van der Waals surface area (Å²) in [5.41, 5.74) is 4.60. The van der Waals surface area contributed by atoms with Crippen LogP contribution in [-0.4, -0.2) is 29.9 Å². The summed E-state index contributed by atoms with van der Waals surface area (Å²) in [6.45, 7) is 4.91.